The molecule has 8 heteroatoms. The average molecular weight is 312 g/mol. The Morgan fingerprint density at radius 2 is 2.24 bits per heavy atom. The lowest BCUT2D eigenvalue weighted by Gasteiger charge is -2.35. The largest absolute Gasteiger partial charge is 0.363 e. The first-order valence-corrected chi connectivity index (χ1v) is 7.34. The molecule has 1 saturated heterocycles. The van der Waals surface area contributed by atoms with E-state index in [2.05, 4.69) is 20.1 Å². The Balaban J connectivity index is 1.60. The highest BCUT2D eigenvalue weighted by atomic mass is 35.5. The summed E-state index contributed by atoms with van der Waals surface area (Å²) in [6, 6.07) is 0. The van der Waals surface area contributed by atoms with Crippen molar-refractivity contribution in [2.75, 3.05) is 19.6 Å². The topological polar surface area (TPSA) is 69.2 Å². The van der Waals surface area contributed by atoms with Crippen molar-refractivity contribution >= 4 is 11.6 Å². The fourth-order valence-corrected chi connectivity index (χ4v) is 2.66. The molecule has 3 rings (SSSR count). The zero-order valence-corrected chi connectivity index (χ0v) is 12.8. The van der Waals surface area contributed by atoms with Crippen LogP contribution in [0.15, 0.2) is 16.9 Å². The van der Waals surface area contributed by atoms with E-state index in [1.165, 1.54) is 0 Å². The molecule has 0 saturated carbocycles. The maximum atomic E-state index is 5.89. The second kappa shape index (κ2) is 6.13. The van der Waals surface area contributed by atoms with E-state index in [1.54, 1.807) is 13.1 Å². The van der Waals surface area contributed by atoms with E-state index in [0.717, 1.165) is 26.2 Å². The van der Waals surface area contributed by atoms with Crippen molar-refractivity contribution in [3.63, 3.8) is 0 Å². The van der Waals surface area contributed by atoms with Gasteiger partial charge in [-0.25, -0.2) is 0 Å². The van der Waals surface area contributed by atoms with Crippen molar-refractivity contribution in [1.29, 1.82) is 0 Å². The van der Waals surface area contributed by atoms with Crippen LogP contribution in [-0.2, 0) is 11.3 Å². The molecule has 1 aliphatic rings. The predicted molar refractivity (Wildman–Crippen MR) is 76.0 cm³/mol. The van der Waals surface area contributed by atoms with Crippen LogP contribution in [0.25, 0.3) is 0 Å². The molecule has 1 aliphatic heterocycles. The number of aryl methyl sites for hydroxylation is 1. The quantitative estimate of drug-likeness (QED) is 0.856. The van der Waals surface area contributed by atoms with Crippen molar-refractivity contribution in [2.24, 2.45) is 0 Å². The van der Waals surface area contributed by atoms with E-state index in [1.807, 2.05) is 17.8 Å². The minimum atomic E-state index is -0.170. The van der Waals surface area contributed by atoms with Crippen LogP contribution in [0.1, 0.15) is 24.7 Å². The van der Waals surface area contributed by atoms with Crippen LogP contribution in [0, 0.1) is 6.92 Å². The standard InChI is InChI=1S/C13H18ClN5O2/c1-9-6-18(3-4-19-7-11(14)5-15-19)8-12(20-9)13-16-10(2)17-21-13/h5,7,9,12H,3-4,6,8H2,1-2H3/t9-,12-/m1/s1. The molecule has 0 spiro atoms. The van der Waals surface area contributed by atoms with Crippen LogP contribution in [0.4, 0.5) is 0 Å². The van der Waals surface area contributed by atoms with Crippen LogP contribution < -0.4 is 0 Å². The van der Waals surface area contributed by atoms with Crippen molar-refractivity contribution in [3.8, 4) is 0 Å². The molecule has 2 atom stereocenters. The van der Waals surface area contributed by atoms with Crippen molar-refractivity contribution in [1.82, 2.24) is 24.8 Å². The summed E-state index contributed by atoms with van der Waals surface area (Å²) in [6.45, 7) is 7.12. The molecule has 2 aromatic rings. The van der Waals surface area contributed by atoms with Gasteiger partial charge in [0.25, 0.3) is 5.89 Å². The molecule has 2 aromatic heterocycles. The third-order valence-corrected chi connectivity index (χ3v) is 3.60. The first-order chi connectivity index (χ1) is 10.1. The first-order valence-electron chi connectivity index (χ1n) is 6.96. The van der Waals surface area contributed by atoms with Crippen LogP contribution in [0.3, 0.4) is 0 Å². The summed E-state index contributed by atoms with van der Waals surface area (Å²) in [7, 11) is 0. The van der Waals surface area contributed by atoms with Gasteiger partial charge in [0.2, 0.25) is 0 Å². The van der Waals surface area contributed by atoms with Crippen LogP contribution in [-0.4, -0.2) is 50.6 Å². The summed E-state index contributed by atoms with van der Waals surface area (Å²) >= 11 is 5.87. The van der Waals surface area contributed by atoms with Crippen molar-refractivity contribution < 1.29 is 9.26 Å². The van der Waals surface area contributed by atoms with Gasteiger partial charge in [-0.3, -0.25) is 9.58 Å². The summed E-state index contributed by atoms with van der Waals surface area (Å²) in [5.41, 5.74) is 0. The zero-order valence-electron chi connectivity index (χ0n) is 12.1. The number of hydrogen-bond acceptors (Lipinski definition) is 6. The Morgan fingerprint density at radius 3 is 2.90 bits per heavy atom. The van der Waals surface area contributed by atoms with Gasteiger partial charge in [-0.15, -0.1) is 0 Å². The number of hydrogen-bond donors (Lipinski definition) is 0. The van der Waals surface area contributed by atoms with Crippen LogP contribution in [0.5, 0.6) is 0 Å². The minimum absolute atomic E-state index is 0.122. The van der Waals surface area contributed by atoms with E-state index in [9.17, 15) is 0 Å². The highest BCUT2D eigenvalue weighted by molar-refractivity contribution is 6.30. The summed E-state index contributed by atoms with van der Waals surface area (Å²) in [4.78, 5) is 6.57. The molecule has 21 heavy (non-hydrogen) atoms. The number of halogens is 1. The molecule has 3 heterocycles. The van der Waals surface area contributed by atoms with E-state index >= 15 is 0 Å². The van der Waals surface area contributed by atoms with E-state index in [0.29, 0.717) is 16.7 Å². The van der Waals surface area contributed by atoms with Gasteiger partial charge in [0.1, 0.15) is 6.10 Å². The highest BCUT2D eigenvalue weighted by Crippen LogP contribution is 2.23. The van der Waals surface area contributed by atoms with Gasteiger partial charge in [0, 0.05) is 25.8 Å². The summed E-state index contributed by atoms with van der Waals surface area (Å²) in [6.07, 6.45) is 3.42. The second-order valence-corrected chi connectivity index (χ2v) is 5.73. The van der Waals surface area contributed by atoms with Gasteiger partial charge in [-0.1, -0.05) is 16.8 Å². The van der Waals surface area contributed by atoms with Gasteiger partial charge in [0.05, 0.1) is 23.9 Å². The normalized spacial score (nSPS) is 23.6. The fourth-order valence-electron chi connectivity index (χ4n) is 2.51. The molecule has 0 amide bonds. The molecule has 0 aliphatic carbocycles. The second-order valence-electron chi connectivity index (χ2n) is 5.30. The Morgan fingerprint density at radius 1 is 1.38 bits per heavy atom. The molecule has 7 nitrogen and oxygen atoms in total. The van der Waals surface area contributed by atoms with Crippen molar-refractivity contribution in [2.45, 2.75) is 32.6 Å². The maximum Gasteiger partial charge on any atom is 0.257 e. The maximum absolute atomic E-state index is 5.89. The highest BCUT2D eigenvalue weighted by Gasteiger charge is 2.30. The molecule has 1 fully saturated rings. The van der Waals surface area contributed by atoms with Crippen LogP contribution >= 0.6 is 11.6 Å². The number of ether oxygens (including phenoxy) is 1. The molecular formula is C13H18ClN5O2. The van der Waals surface area contributed by atoms with E-state index < -0.39 is 0 Å². The molecule has 0 unspecified atom stereocenters. The Hall–Kier alpha value is -1.44. The van der Waals surface area contributed by atoms with Crippen molar-refractivity contribution in [3.05, 3.63) is 29.1 Å². The smallest absolute Gasteiger partial charge is 0.257 e. The van der Waals surface area contributed by atoms with Gasteiger partial charge >= 0.3 is 0 Å². The van der Waals surface area contributed by atoms with Crippen LogP contribution in [0.2, 0.25) is 5.02 Å². The minimum Gasteiger partial charge on any atom is -0.363 e. The Kier molecular flexibility index (Phi) is 4.23. The number of morpholine rings is 1. The first kappa shape index (κ1) is 14.5. The van der Waals surface area contributed by atoms with Gasteiger partial charge in [-0.2, -0.15) is 10.1 Å². The molecular weight excluding hydrogens is 294 g/mol. The number of aromatic nitrogens is 4. The fraction of sp³-hybridized carbons (Fsp3) is 0.615. The third kappa shape index (κ3) is 3.61. The summed E-state index contributed by atoms with van der Waals surface area (Å²) < 4.78 is 13.0. The molecule has 0 aromatic carbocycles. The lowest BCUT2D eigenvalue weighted by atomic mass is 10.2. The lowest BCUT2D eigenvalue weighted by Crippen LogP contribution is -2.44. The molecule has 114 valence electrons. The van der Waals surface area contributed by atoms with Gasteiger partial charge in [0.15, 0.2) is 5.82 Å². The lowest BCUT2D eigenvalue weighted by molar-refractivity contribution is -0.0913. The molecule has 0 radical (unpaired) electrons. The monoisotopic (exact) mass is 311 g/mol. The van der Waals surface area contributed by atoms with E-state index in [-0.39, 0.29) is 12.2 Å². The van der Waals surface area contributed by atoms with Gasteiger partial charge in [-0.05, 0) is 13.8 Å². The number of rotatable bonds is 4. The summed E-state index contributed by atoms with van der Waals surface area (Å²) in [5.74, 6) is 1.18. The average Bonchev–Trinajstić information content (AvgIpc) is 3.05. The summed E-state index contributed by atoms with van der Waals surface area (Å²) in [5, 5.41) is 8.67. The SMILES string of the molecule is Cc1noc([C@H]2CN(CCn3cc(Cl)cn3)C[C@@H](C)O2)n1. The Bertz CT molecular complexity index is 599. The zero-order chi connectivity index (χ0) is 14.8. The predicted octanol–water partition coefficient (Wildman–Crippen LogP) is 1.69. The Labute approximate surface area is 127 Å². The number of nitrogens with zero attached hydrogens (tertiary/aromatic N) is 5. The molecule has 0 N–H and O–H groups in total. The van der Waals surface area contributed by atoms with Gasteiger partial charge < -0.3 is 9.26 Å². The molecule has 0 bridgehead atoms. The third-order valence-electron chi connectivity index (χ3n) is 3.40. The van der Waals surface area contributed by atoms with E-state index in [4.69, 9.17) is 20.9 Å².